The number of fused-ring (bicyclic) bond motifs is 2. The number of benzene rings is 1. The van der Waals surface area contributed by atoms with Crippen molar-refractivity contribution in [1.82, 2.24) is 20.7 Å². The first kappa shape index (κ1) is 18.2. The Bertz CT molecular complexity index is 720. The maximum Gasteiger partial charge on any atom is 0.241 e. The maximum atomic E-state index is 13.1. The Hall–Kier alpha value is -1.83. The van der Waals surface area contributed by atoms with Gasteiger partial charge in [-0.3, -0.25) is 15.1 Å². The van der Waals surface area contributed by atoms with Crippen molar-refractivity contribution in [3.63, 3.8) is 0 Å². The number of hydrogen-bond acceptors (Lipinski definition) is 6. The van der Waals surface area contributed by atoms with E-state index >= 15 is 0 Å². The van der Waals surface area contributed by atoms with Gasteiger partial charge < -0.3 is 14.4 Å². The zero-order valence-corrected chi connectivity index (χ0v) is 16.4. The molecule has 3 unspecified atom stereocenters. The highest BCUT2D eigenvalue weighted by atomic mass is 16.6. The summed E-state index contributed by atoms with van der Waals surface area (Å²) in [5.74, 6) is 2.42. The van der Waals surface area contributed by atoms with Crippen molar-refractivity contribution >= 4 is 5.91 Å². The SMILES string of the molecule is O=C(C1NNC2CCCCC21)N1CCN(Cc2ccc3c(c2)OCCO3)CC1. The third kappa shape index (κ3) is 3.58. The predicted molar refractivity (Wildman–Crippen MR) is 105 cm³/mol. The monoisotopic (exact) mass is 386 g/mol. The first-order valence-corrected chi connectivity index (χ1v) is 10.7. The van der Waals surface area contributed by atoms with E-state index in [1.165, 1.54) is 24.8 Å². The van der Waals surface area contributed by atoms with Crippen LogP contribution in [0.5, 0.6) is 11.5 Å². The van der Waals surface area contributed by atoms with E-state index in [1.54, 1.807) is 0 Å². The number of ether oxygens (including phenoxy) is 2. The molecule has 28 heavy (non-hydrogen) atoms. The third-order valence-corrected chi connectivity index (χ3v) is 6.63. The van der Waals surface area contributed by atoms with Gasteiger partial charge in [0.15, 0.2) is 11.5 Å². The highest BCUT2D eigenvalue weighted by Gasteiger charge is 2.42. The molecule has 1 saturated carbocycles. The number of piperazine rings is 1. The molecule has 0 aromatic heterocycles. The molecule has 1 aliphatic carbocycles. The van der Waals surface area contributed by atoms with Gasteiger partial charge in [-0.2, -0.15) is 0 Å². The maximum absolute atomic E-state index is 13.1. The molecule has 5 rings (SSSR count). The lowest BCUT2D eigenvalue weighted by Crippen LogP contribution is -2.54. The van der Waals surface area contributed by atoms with Crippen LogP contribution in [-0.2, 0) is 11.3 Å². The molecular formula is C21H30N4O3. The van der Waals surface area contributed by atoms with Crippen molar-refractivity contribution in [2.24, 2.45) is 5.92 Å². The average molecular weight is 386 g/mol. The Morgan fingerprint density at radius 3 is 2.64 bits per heavy atom. The minimum Gasteiger partial charge on any atom is -0.486 e. The molecule has 0 bridgehead atoms. The molecule has 7 heteroatoms. The largest absolute Gasteiger partial charge is 0.486 e. The fourth-order valence-electron chi connectivity index (χ4n) is 5.05. The molecule has 1 amide bonds. The topological polar surface area (TPSA) is 66.1 Å². The third-order valence-electron chi connectivity index (χ3n) is 6.63. The first-order valence-electron chi connectivity index (χ1n) is 10.7. The van der Waals surface area contributed by atoms with E-state index in [2.05, 4.69) is 32.8 Å². The minimum absolute atomic E-state index is 0.0466. The molecule has 7 nitrogen and oxygen atoms in total. The van der Waals surface area contributed by atoms with Crippen molar-refractivity contribution in [2.45, 2.75) is 44.3 Å². The van der Waals surface area contributed by atoms with Gasteiger partial charge >= 0.3 is 0 Å². The van der Waals surface area contributed by atoms with E-state index in [1.807, 2.05) is 6.07 Å². The Kier molecular flexibility index (Phi) is 5.13. The summed E-state index contributed by atoms with van der Waals surface area (Å²) in [6.07, 6.45) is 4.86. The van der Waals surface area contributed by atoms with Gasteiger partial charge in [-0.25, -0.2) is 5.43 Å². The molecule has 3 atom stereocenters. The average Bonchev–Trinajstić information content (AvgIpc) is 3.18. The number of nitrogens with zero attached hydrogens (tertiary/aromatic N) is 2. The predicted octanol–water partition coefficient (Wildman–Crippen LogP) is 1.14. The number of carbonyl (C=O) groups is 1. The molecule has 4 aliphatic rings. The molecule has 1 aromatic rings. The van der Waals surface area contributed by atoms with Gasteiger partial charge in [-0.15, -0.1) is 0 Å². The Morgan fingerprint density at radius 1 is 1.00 bits per heavy atom. The van der Waals surface area contributed by atoms with Crippen molar-refractivity contribution in [1.29, 1.82) is 0 Å². The fourth-order valence-corrected chi connectivity index (χ4v) is 5.05. The summed E-state index contributed by atoms with van der Waals surface area (Å²) in [5.41, 5.74) is 7.89. The smallest absolute Gasteiger partial charge is 0.241 e. The molecule has 0 radical (unpaired) electrons. The molecule has 2 saturated heterocycles. The number of nitrogens with one attached hydrogen (secondary N) is 2. The van der Waals surface area contributed by atoms with Gasteiger partial charge in [0, 0.05) is 44.7 Å². The van der Waals surface area contributed by atoms with E-state index in [0.29, 0.717) is 25.2 Å². The molecule has 2 N–H and O–H groups in total. The number of rotatable bonds is 3. The lowest BCUT2D eigenvalue weighted by Gasteiger charge is -2.37. The summed E-state index contributed by atoms with van der Waals surface area (Å²) in [7, 11) is 0. The summed E-state index contributed by atoms with van der Waals surface area (Å²) in [6.45, 7) is 5.55. The van der Waals surface area contributed by atoms with Crippen molar-refractivity contribution < 1.29 is 14.3 Å². The van der Waals surface area contributed by atoms with Crippen molar-refractivity contribution in [3.05, 3.63) is 23.8 Å². The van der Waals surface area contributed by atoms with E-state index < -0.39 is 0 Å². The van der Waals surface area contributed by atoms with Crippen LogP contribution in [0.3, 0.4) is 0 Å². The summed E-state index contributed by atoms with van der Waals surface area (Å²) in [5, 5.41) is 0. The molecule has 3 fully saturated rings. The van der Waals surface area contributed by atoms with Crippen LogP contribution in [0.4, 0.5) is 0 Å². The fraction of sp³-hybridized carbons (Fsp3) is 0.667. The minimum atomic E-state index is -0.0466. The van der Waals surface area contributed by atoms with Crippen molar-refractivity contribution in [2.75, 3.05) is 39.4 Å². The second kappa shape index (κ2) is 7.89. The number of carbonyl (C=O) groups excluding carboxylic acids is 1. The van der Waals surface area contributed by atoms with E-state index in [4.69, 9.17) is 9.47 Å². The van der Waals surface area contributed by atoms with Crippen molar-refractivity contribution in [3.8, 4) is 11.5 Å². The second-order valence-corrected chi connectivity index (χ2v) is 8.40. The quantitative estimate of drug-likeness (QED) is 0.812. The van der Waals surface area contributed by atoms with Gasteiger partial charge in [-0.1, -0.05) is 18.9 Å². The van der Waals surface area contributed by atoms with E-state index in [9.17, 15) is 4.79 Å². The van der Waals surface area contributed by atoms with Crippen LogP contribution in [0, 0.1) is 5.92 Å². The Labute approximate surface area is 166 Å². The van der Waals surface area contributed by atoms with Gasteiger partial charge in [0.05, 0.1) is 0 Å². The van der Waals surface area contributed by atoms with Crippen LogP contribution >= 0.6 is 0 Å². The lowest BCUT2D eigenvalue weighted by molar-refractivity contribution is -0.136. The van der Waals surface area contributed by atoms with Gasteiger partial charge in [0.1, 0.15) is 19.3 Å². The van der Waals surface area contributed by atoms with Crippen LogP contribution in [0.2, 0.25) is 0 Å². The highest BCUT2D eigenvalue weighted by molar-refractivity contribution is 5.82. The van der Waals surface area contributed by atoms with E-state index in [0.717, 1.165) is 50.6 Å². The first-order chi connectivity index (χ1) is 13.8. The Morgan fingerprint density at radius 2 is 1.79 bits per heavy atom. The van der Waals surface area contributed by atoms with Gasteiger partial charge in [0.25, 0.3) is 0 Å². The molecular weight excluding hydrogens is 356 g/mol. The molecule has 3 aliphatic heterocycles. The summed E-state index contributed by atoms with van der Waals surface area (Å²) in [4.78, 5) is 17.5. The van der Waals surface area contributed by atoms with Crippen LogP contribution in [0.1, 0.15) is 31.2 Å². The zero-order chi connectivity index (χ0) is 18.9. The molecule has 3 heterocycles. The summed E-state index contributed by atoms with van der Waals surface area (Å²) in [6, 6.07) is 6.63. The van der Waals surface area contributed by atoms with Crippen LogP contribution in [0.25, 0.3) is 0 Å². The van der Waals surface area contributed by atoms with Gasteiger partial charge in [0.2, 0.25) is 5.91 Å². The highest BCUT2D eigenvalue weighted by Crippen LogP contribution is 2.32. The standard InChI is InChI=1S/C21H30N4O3/c26-21(20-16-3-1-2-4-17(16)22-23-20)25-9-7-24(8-10-25)14-15-5-6-18-19(13-15)28-12-11-27-18/h5-6,13,16-17,20,22-23H,1-4,7-12,14H2. The van der Waals surface area contributed by atoms with Crippen LogP contribution < -0.4 is 20.3 Å². The number of amides is 1. The zero-order valence-electron chi connectivity index (χ0n) is 16.4. The Balaban J connectivity index is 1.15. The lowest BCUT2D eigenvalue weighted by atomic mass is 9.81. The normalized spacial score (nSPS) is 30.1. The molecule has 152 valence electrons. The second-order valence-electron chi connectivity index (χ2n) is 8.40. The van der Waals surface area contributed by atoms with Crippen LogP contribution in [-0.4, -0.2) is 67.2 Å². The summed E-state index contributed by atoms with van der Waals surface area (Å²) < 4.78 is 11.3. The van der Waals surface area contributed by atoms with Gasteiger partial charge in [-0.05, 0) is 30.5 Å². The van der Waals surface area contributed by atoms with Crippen LogP contribution in [0.15, 0.2) is 18.2 Å². The number of hydrogen-bond donors (Lipinski definition) is 2. The molecule has 0 spiro atoms. The number of hydrazine groups is 1. The summed E-state index contributed by atoms with van der Waals surface area (Å²) >= 11 is 0. The van der Waals surface area contributed by atoms with E-state index in [-0.39, 0.29) is 11.9 Å². The molecule has 1 aromatic carbocycles.